The van der Waals surface area contributed by atoms with Crippen LogP contribution in [-0.4, -0.2) is 95.1 Å². The molecule has 3 unspecified atom stereocenters. The fourth-order valence-electron chi connectivity index (χ4n) is 5.00. The van der Waals surface area contributed by atoms with Crippen molar-refractivity contribution < 1.29 is 48.1 Å². The van der Waals surface area contributed by atoms with E-state index in [9.17, 15) is 32.8 Å². The standard InChI is InChI=1S/C22H42O7S.3C2H7NO/c1-5-9-11-13-15-17(7-3)22(21(25)26,19(20(23)24)30(27,28)29)18(8-4)16-14-12-10-6-2;3*3-1-2-4/h17-19H,5-16H2,1-4H3,(H,23,24)(H,25,26)(H,27,28,29);3*4H,1-3H2. The van der Waals surface area contributed by atoms with Gasteiger partial charge in [-0.25, -0.2) is 0 Å². The van der Waals surface area contributed by atoms with E-state index in [-0.39, 0.29) is 19.8 Å². The molecule has 0 aliphatic heterocycles. The van der Waals surface area contributed by atoms with Gasteiger partial charge < -0.3 is 42.7 Å². The van der Waals surface area contributed by atoms with Crippen LogP contribution in [0.3, 0.4) is 0 Å². The molecule has 0 aromatic carbocycles. The lowest BCUT2D eigenvalue weighted by Crippen LogP contribution is -2.59. The summed E-state index contributed by atoms with van der Waals surface area (Å²) in [7, 11) is -5.13. The summed E-state index contributed by atoms with van der Waals surface area (Å²) in [4.78, 5) is 24.8. The van der Waals surface area contributed by atoms with Gasteiger partial charge in [0.15, 0.2) is 5.25 Å². The van der Waals surface area contributed by atoms with E-state index < -0.39 is 44.6 Å². The van der Waals surface area contributed by atoms with Gasteiger partial charge in [-0.05, 0) is 24.7 Å². The van der Waals surface area contributed by atoms with Crippen molar-refractivity contribution >= 4 is 22.1 Å². The van der Waals surface area contributed by atoms with Crippen LogP contribution in [0.4, 0.5) is 0 Å². The molecule has 0 radical (unpaired) electrons. The van der Waals surface area contributed by atoms with Crippen LogP contribution in [0.1, 0.15) is 105 Å². The van der Waals surface area contributed by atoms with Gasteiger partial charge in [0.1, 0.15) is 5.41 Å². The van der Waals surface area contributed by atoms with Crippen molar-refractivity contribution in [2.75, 3.05) is 39.5 Å². The lowest BCUT2D eigenvalue weighted by Gasteiger charge is -2.45. The van der Waals surface area contributed by atoms with E-state index in [4.69, 9.17) is 32.5 Å². The van der Waals surface area contributed by atoms with Crippen molar-refractivity contribution in [1.82, 2.24) is 0 Å². The highest BCUT2D eigenvalue weighted by Crippen LogP contribution is 2.50. The van der Waals surface area contributed by atoms with Crippen LogP contribution in [0.25, 0.3) is 0 Å². The maximum absolute atomic E-state index is 12.8. The predicted molar refractivity (Wildman–Crippen MR) is 167 cm³/mol. The van der Waals surface area contributed by atoms with Crippen LogP contribution in [0, 0.1) is 17.3 Å². The van der Waals surface area contributed by atoms with Crippen molar-refractivity contribution in [2.24, 2.45) is 34.5 Å². The van der Waals surface area contributed by atoms with Crippen molar-refractivity contribution in [2.45, 2.75) is 110 Å². The zero-order chi connectivity index (χ0) is 33.6. The van der Waals surface area contributed by atoms with E-state index in [0.29, 0.717) is 58.2 Å². The molecule has 0 amide bonds. The Hall–Kier alpha value is -1.39. The minimum Gasteiger partial charge on any atom is -0.481 e. The molecule has 42 heavy (non-hydrogen) atoms. The number of aliphatic hydroxyl groups is 3. The summed E-state index contributed by atoms with van der Waals surface area (Å²) >= 11 is 0. The average molecular weight is 634 g/mol. The number of aliphatic carboxylic acids is 2. The Balaban J connectivity index is -0.000000504. The fraction of sp³-hybridized carbons (Fsp3) is 0.929. The second kappa shape index (κ2) is 31.0. The first kappa shape index (κ1) is 47.5. The van der Waals surface area contributed by atoms with Gasteiger partial charge in [-0.3, -0.25) is 14.1 Å². The second-order valence-electron chi connectivity index (χ2n) is 9.92. The van der Waals surface area contributed by atoms with Crippen LogP contribution in [0.5, 0.6) is 0 Å². The maximum Gasteiger partial charge on any atom is 0.325 e. The predicted octanol–water partition coefficient (Wildman–Crippen LogP) is 2.20. The average Bonchev–Trinajstić information content (AvgIpc) is 2.95. The van der Waals surface area contributed by atoms with E-state index in [1.807, 2.05) is 0 Å². The number of carboxylic acids is 2. The first-order valence-corrected chi connectivity index (χ1v) is 16.6. The van der Waals surface area contributed by atoms with Crippen LogP contribution >= 0.6 is 0 Å². The molecule has 0 rings (SSSR count). The van der Waals surface area contributed by atoms with Gasteiger partial charge in [-0.1, -0.05) is 91.9 Å². The number of carboxylic acid groups (broad SMARTS) is 2. The molecular weight excluding hydrogens is 570 g/mol. The minimum absolute atomic E-state index is 0.0972. The molecule has 0 spiro atoms. The summed E-state index contributed by atoms with van der Waals surface area (Å²) in [6.07, 6.45) is 8.62. The van der Waals surface area contributed by atoms with Gasteiger partial charge >= 0.3 is 11.9 Å². The molecule has 0 aliphatic rings. The first-order chi connectivity index (χ1) is 19.8. The largest absolute Gasteiger partial charge is 0.481 e. The zero-order valence-electron chi connectivity index (χ0n) is 26.4. The Labute approximate surface area is 254 Å². The summed E-state index contributed by atoms with van der Waals surface area (Å²) in [6.45, 7) is 9.08. The molecule has 13 nitrogen and oxygen atoms in total. The Morgan fingerprint density at radius 2 is 0.976 bits per heavy atom. The smallest absolute Gasteiger partial charge is 0.325 e. The first-order valence-electron chi connectivity index (χ1n) is 15.1. The fourth-order valence-corrected chi connectivity index (χ4v) is 6.23. The third-order valence-electron chi connectivity index (χ3n) is 6.86. The number of carbonyl (C=O) groups is 2. The van der Waals surface area contributed by atoms with E-state index in [1.54, 1.807) is 13.8 Å². The molecule has 256 valence electrons. The molecule has 0 fully saturated rings. The molecule has 0 saturated carbocycles. The van der Waals surface area contributed by atoms with Gasteiger partial charge in [-0.15, -0.1) is 0 Å². The Kier molecular flexibility index (Phi) is 35.1. The molecular formula is C28H63N3O10S. The Morgan fingerprint density at radius 1 is 0.667 bits per heavy atom. The van der Waals surface area contributed by atoms with Crippen LogP contribution < -0.4 is 17.2 Å². The molecule has 0 heterocycles. The van der Waals surface area contributed by atoms with E-state index in [0.717, 1.165) is 38.5 Å². The maximum atomic E-state index is 12.8. The van der Waals surface area contributed by atoms with Gasteiger partial charge in [0.2, 0.25) is 0 Å². The Bertz CT molecular complexity index is 691. The van der Waals surface area contributed by atoms with E-state index in [1.165, 1.54) is 0 Å². The molecule has 0 aromatic heterocycles. The van der Waals surface area contributed by atoms with Gasteiger partial charge in [-0.2, -0.15) is 8.42 Å². The normalized spacial score (nSPS) is 14.4. The second-order valence-corrected chi connectivity index (χ2v) is 11.4. The van der Waals surface area contributed by atoms with E-state index in [2.05, 4.69) is 13.8 Å². The van der Waals surface area contributed by atoms with Crippen LogP contribution in [-0.2, 0) is 19.7 Å². The quantitative estimate of drug-likeness (QED) is 0.0649. The van der Waals surface area contributed by atoms with E-state index >= 15 is 0 Å². The van der Waals surface area contributed by atoms with Crippen LogP contribution in [0.2, 0.25) is 0 Å². The highest BCUT2D eigenvalue weighted by molar-refractivity contribution is 7.87. The summed E-state index contributed by atoms with van der Waals surface area (Å²) in [5.41, 5.74) is 12.3. The summed E-state index contributed by atoms with van der Waals surface area (Å²) in [5.74, 6) is -4.55. The van der Waals surface area contributed by atoms with Gasteiger partial charge in [0.25, 0.3) is 10.1 Å². The van der Waals surface area contributed by atoms with Crippen LogP contribution in [0.15, 0.2) is 0 Å². The molecule has 3 atom stereocenters. The third kappa shape index (κ3) is 20.5. The van der Waals surface area contributed by atoms with Crippen molar-refractivity contribution in [1.29, 1.82) is 0 Å². The Morgan fingerprint density at radius 3 is 1.14 bits per heavy atom. The molecule has 12 N–H and O–H groups in total. The highest BCUT2D eigenvalue weighted by Gasteiger charge is 2.62. The van der Waals surface area contributed by atoms with Gasteiger partial charge in [0.05, 0.1) is 19.8 Å². The number of hydrogen-bond donors (Lipinski definition) is 9. The zero-order valence-corrected chi connectivity index (χ0v) is 27.2. The van der Waals surface area contributed by atoms with Crippen molar-refractivity contribution in [3.05, 3.63) is 0 Å². The molecule has 0 saturated heterocycles. The third-order valence-corrected chi connectivity index (χ3v) is 8.05. The molecule has 0 bridgehead atoms. The summed E-state index contributed by atoms with van der Waals surface area (Å²) in [5, 5.41) is 41.0. The lowest BCUT2D eigenvalue weighted by molar-refractivity contribution is -0.165. The van der Waals surface area contributed by atoms with Crippen molar-refractivity contribution in [3.63, 3.8) is 0 Å². The lowest BCUT2D eigenvalue weighted by atomic mass is 9.59. The summed E-state index contributed by atoms with van der Waals surface area (Å²) < 4.78 is 34.3. The molecule has 0 aromatic rings. The number of hydrogen-bond acceptors (Lipinski definition) is 10. The number of aliphatic hydroxyl groups excluding tert-OH is 3. The topological polar surface area (TPSA) is 268 Å². The van der Waals surface area contributed by atoms with Gasteiger partial charge in [0, 0.05) is 19.6 Å². The molecule has 0 aliphatic carbocycles. The van der Waals surface area contributed by atoms with Crippen molar-refractivity contribution in [3.8, 4) is 0 Å². The number of unbranched alkanes of at least 4 members (excludes halogenated alkanes) is 6. The minimum atomic E-state index is -5.13. The summed E-state index contributed by atoms with van der Waals surface area (Å²) in [6, 6.07) is 0. The number of nitrogens with two attached hydrogens (primary N) is 3. The SMILES string of the molecule is CCCCCCC(CC)C(C(=O)O)(C(CC)CCCCCC)C(C(=O)O)S(=O)(=O)O.NCCO.NCCO.NCCO. The monoisotopic (exact) mass is 633 g/mol. The highest BCUT2D eigenvalue weighted by atomic mass is 32.2. The molecule has 14 heteroatoms. The number of rotatable bonds is 21.